The number of carbonyl (C=O) groups is 1. The van der Waals surface area contributed by atoms with Crippen molar-refractivity contribution in [3.63, 3.8) is 0 Å². The zero-order valence-corrected chi connectivity index (χ0v) is 14.2. The number of rotatable bonds is 7. The summed E-state index contributed by atoms with van der Waals surface area (Å²) >= 11 is 0. The number of likely N-dealkylation sites (tertiary alicyclic amines) is 1. The molecule has 4 rings (SSSR count). The number of hydrogen-bond donors (Lipinski definition) is 1. The number of aryl methyl sites for hydroxylation is 1. The molecule has 1 N–H and O–H groups in total. The molecule has 1 amide bonds. The molecule has 1 aliphatic heterocycles. The van der Waals surface area contributed by atoms with Crippen molar-refractivity contribution < 1.29 is 13.7 Å². The van der Waals surface area contributed by atoms with Crippen molar-refractivity contribution in [1.29, 1.82) is 0 Å². The van der Waals surface area contributed by atoms with Gasteiger partial charge in [-0.25, -0.2) is 4.39 Å². The fourth-order valence-electron chi connectivity index (χ4n) is 4.08. The van der Waals surface area contributed by atoms with Crippen LogP contribution in [0.2, 0.25) is 0 Å². The number of nitrogens with one attached hydrogen (secondary N) is 1. The maximum atomic E-state index is 13.9. The van der Waals surface area contributed by atoms with Crippen molar-refractivity contribution in [3.05, 3.63) is 17.5 Å². The molecule has 1 saturated heterocycles. The van der Waals surface area contributed by atoms with Crippen molar-refractivity contribution in [2.75, 3.05) is 13.1 Å². The molecule has 0 spiro atoms. The van der Waals surface area contributed by atoms with E-state index in [9.17, 15) is 9.18 Å². The summed E-state index contributed by atoms with van der Waals surface area (Å²) in [5.41, 5.74) is 0.995. The number of alkyl halides is 1. The van der Waals surface area contributed by atoms with E-state index in [2.05, 4.69) is 15.4 Å². The molecular formula is C18H26FN3O2. The summed E-state index contributed by atoms with van der Waals surface area (Å²) in [6, 6.07) is 0.0531. The third-order valence-electron chi connectivity index (χ3n) is 5.78. The fraction of sp³-hybridized carbons (Fsp3) is 0.778. The smallest absolute Gasteiger partial charge is 0.223 e. The maximum Gasteiger partial charge on any atom is 0.223 e. The first kappa shape index (κ1) is 16.1. The van der Waals surface area contributed by atoms with E-state index < -0.39 is 6.17 Å². The molecule has 0 radical (unpaired) electrons. The SMILES string of the molecule is Cc1oncc1CN1C[C@@H](F)C[C@H]1CNC(=O)C(C1CC1)C1CC1. The normalized spacial score (nSPS) is 27.8. The van der Waals surface area contributed by atoms with E-state index in [0.29, 0.717) is 37.9 Å². The number of nitrogens with zero attached hydrogens (tertiary/aromatic N) is 2. The Labute approximate surface area is 141 Å². The predicted octanol–water partition coefficient (Wildman–Crippen LogP) is 2.45. The summed E-state index contributed by atoms with van der Waals surface area (Å²) in [4.78, 5) is 14.7. The second kappa shape index (κ2) is 6.47. The van der Waals surface area contributed by atoms with Crippen LogP contribution in [-0.4, -0.2) is 41.3 Å². The van der Waals surface area contributed by atoms with Gasteiger partial charge in [0.05, 0.1) is 6.20 Å². The van der Waals surface area contributed by atoms with Crippen LogP contribution in [0.1, 0.15) is 43.4 Å². The zero-order chi connectivity index (χ0) is 16.7. The van der Waals surface area contributed by atoms with Crippen LogP contribution in [0.15, 0.2) is 10.7 Å². The third-order valence-corrected chi connectivity index (χ3v) is 5.78. The van der Waals surface area contributed by atoms with Gasteiger partial charge in [0.1, 0.15) is 11.9 Å². The van der Waals surface area contributed by atoms with Gasteiger partial charge < -0.3 is 9.84 Å². The molecule has 5 nitrogen and oxygen atoms in total. The first-order valence-corrected chi connectivity index (χ1v) is 9.18. The Bertz CT molecular complexity index is 585. The van der Waals surface area contributed by atoms with Crippen molar-refractivity contribution >= 4 is 5.91 Å². The number of amides is 1. The fourth-order valence-corrected chi connectivity index (χ4v) is 4.08. The second-order valence-corrected chi connectivity index (χ2v) is 7.77. The van der Waals surface area contributed by atoms with Crippen LogP contribution in [0.4, 0.5) is 4.39 Å². The highest BCUT2D eigenvalue weighted by atomic mass is 19.1. The summed E-state index contributed by atoms with van der Waals surface area (Å²) in [5, 5.41) is 6.92. The maximum absolute atomic E-state index is 13.9. The Hall–Kier alpha value is -1.43. The Morgan fingerprint density at radius 1 is 1.42 bits per heavy atom. The van der Waals surface area contributed by atoms with Crippen LogP contribution in [-0.2, 0) is 11.3 Å². The minimum absolute atomic E-state index is 0.0531. The van der Waals surface area contributed by atoms with E-state index in [4.69, 9.17) is 4.52 Å². The van der Waals surface area contributed by atoms with Crippen molar-refractivity contribution in [2.24, 2.45) is 17.8 Å². The van der Waals surface area contributed by atoms with Crippen molar-refractivity contribution in [3.8, 4) is 0 Å². The first-order chi connectivity index (χ1) is 11.6. The van der Waals surface area contributed by atoms with Gasteiger partial charge in [-0.1, -0.05) is 5.16 Å². The Morgan fingerprint density at radius 2 is 2.12 bits per heavy atom. The Morgan fingerprint density at radius 3 is 2.71 bits per heavy atom. The molecule has 3 aliphatic rings. The van der Waals surface area contributed by atoms with Gasteiger partial charge in [0.2, 0.25) is 5.91 Å². The topological polar surface area (TPSA) is 58.4 Å². The number of hydrogen-bond acceptors (Lipinski definition) is 4. The van der Waals surface area contributed by atoms with E-state index in [1.807, 2.05) is 6.92 Å². The van der Waals surface area contributed by atoms with Gasteiger partial charge in [-0.05, 0) is 50.9 Å². The van der Waals surface area contributed by atoms with Crippen LogP contribution in [0.5, 0.6) is 0 Å². The molecule has 0 aromatic carbocycles. The molecule has 3 fully saturated rings. The summed E-state index contributed by atoms with van der Waals surface area (Å²) in [5.74, 6) is 2.39. The average molecular weight is 335 g/mol. The molecular weight excluding hydrogens is 309 g/mol. The number of halogens is 1. The summed E-state index contributed by atoms with van der Waals surface area (Å²) in [7, 11) is 0. The lowest BCUT2D eigenvalue weighted by molar-refractivity contribution is -0.126. The van der Waals surface area contributed by atoms with Gasteiger partial charge >= 0.3 is 0 Å². The zero-order valence-electron chi connectivity index (χ0n) is 14.2. The highest BCUT2D eigenvalue weighted by Gasteiger charge is 2.45. The molecule has 24 heavy (non-hydrogen) atoms. The second-order valence-electron chi connectivity index (χ2n) is 7.77. The average Bonchev–Trinajstić information content (AvgIpc) is 3.47. The molecule has 6 heteroatoms. The molecule has 2 aliphatic carbocycles. The Balaban J connectivity index is 1.33. The molecule has 0 unspecified atom stereocenters. The third kappa shape index (κ3) is 3.48. The predicted molar refractivity (Wildman–Crippen MR) is 86.9 cm³/mol. The summed E-state index contributed by atoms with van der Waals surface area (Å²) < 4.78 is 19.0. The van der Waals surface area contributed by atoms with E-state index in [1.54, 1.807) is 6.20 Å². The van der Waals surface area contributed by atoms with Gasteiger partial charge in [-0.15, -0.1) is 0 Å². The van der Waals surface area contributed by atoms with E-state index in [1.165, 1.54) is 25.7 Å². The number of aromatic nitrogens is 1. The lowest BCUT2D eigenvalue weighted by atomic mass is 9.97. The van der Waals surface area contributed by atoms with Crippen LogP contribution in [0.25, 0.3) is 0 Å². The minimum atomic E-state index is -0.824. The van der Waals surface area contributed by atoms with Gasteiger partial charge in [-0.3, -0.25) is 9.69 Å². The highest BCUT2D eigenvalue weighted by Crippen LogP contribution is 2.49. The molecule has 132 valence electrons. The van der Waals surface area contributed by atoms with Gasteiger partial charge in [0.25, 0.3) is 0 Å². The van der Waals surface area contributed by atoms with Crippen molar-refractivity contribution in [1.82, 2.24) is 15.4 Å². The quantitative estimate of drug-likeness (QED) is 0.831. The van der Waals surface area contributed by atoms with Gasteiger partial charge in [-0.2, -0.15) is 0 Å². The summed E-state index contributed by atoms with van der Waals surface area (Å²) in [6.45, 7) is 3.46. The van der Waals surface area contributed by atoms with Crippen LogP contribution in [0, 0.1) is 24.7 Å². The van der Waals surface area contributed by atoms with Crippen LogP contribution in [0.3, 0.4) is 0 Å². The van der Waals surface area contributed by atoms with E-state index in [0.717, 1.165) is 11.3 Å². The molecule has 2 atom stereocenters. The van der Waals surface area contributed by atoms with Gasteiger partial charge in [0.15, 0.2) is 0 Å². The molecule has 0 bridgehead atoms. The standard InChI is InChI=1S/C18H26FN3O2/c1-11-14(7-21-24-11)9-22-10-15(19)6-16(22)8-20-18(23)17(12-2-3-12)13-4-5-13/h7,12-13,15-17H,2-6,8-10H2,1H3,(H,20,23)/t15-,16-/m0/s1. The summed E-state index contributed by atoms with van der Waals surface area (Å²) in [6.07, 6.45) is 6.16. The Kier molecular flexibility index (Phi) is 4.33. The molecule has 1 aromatic rings. The van der Waals surface area contributed by atoms with E-state index in [-0.39, 0.29) is 17.9 Å². The monoisotopic (exact) mass is 335 g/mol. The molecule has 1 aromatic heterocycles. The van der Waals surface area contributed by atoms with Gasteiger partial charge in [0, 0.05) is 37.2 Å². The minimum Gasteiger partial charge on any atom is -0.361 e. The number of carbonyl (C=O) groups excluding carboxylic acids is 1. The highest BCUT2D eigenvalue weighted by molar-refractivity contribution is 5.80. The molecule has 2 heterocycles. The van der Waals surface area contributed by atoms with Crippen molar-refractivity contribution in [2.45, 2.75) is 57.8 Å². The lowest BCUT2D eigenvalue weighted by Gasteiger charge is -2.25. The largest absolute Gasteiger partial charge is 0.361 e. The molecule has 2 saturated carbocycles. The lowest BCUT2D eigenvalue weighted by Crippen LogP contribution is -2.42. The van der Waals surface area contributed by atoms with Crippen LogP contribution >= 0.6 is 0 Å². The first-order valence-electron chi connectivity index (χ1n) is 9.18. The van der Waals surface area contributed by atoms with E-state index >= 15 is 0 Å². The van der Waals surface area contributed by atoms with Crippen LogP contribution < -0.4 is 5.32 Å².